The number of hydrogen-bond acceptors (Lipinski definition) is 1. The molecule has 1 nitrogen and oxygen atoms in total. The van der Waals surface area contributed by atoms with Crippen molar-refractivity contribution >= 4 is 0 Å². The van der Waals surface area contributed by atoms with Crippen molar-refractivity contribution < 1.29 is 19.9 Å². The topological polar surface area (TPSA) is 12.9 Å². The van der Waals surface area contributed by atoms with Crippen LogP contribution < -0.4 is 0 Å². The quantitative estimate of drug-likeness (QED) is 0.498. The van der Waals surface area contributed by atoms with E-state index in [4.69, 9.17) is 1.37 Å². The van der Waals surface area contributed by atoms with Crippen molar-refractivity contribution in [1.82, 2.24) is 4.98 Å². The fourth-order valence-corrected chi connectivity index (χ4v) is 0.358. The van der Waals surface area contributed by atoms with Crippen molar-refractivity contribution in [2.75, 3.05) is 0 Å². The summed E-state index contributed by atoms with van der Waals surface area (Å²) in [5, 5.41) is 0. The number of pyridine rings is 1. The molecule has 0 atom stereocenters. The summed E-state index contributed by atoms with van der Waals surface area (Å²) in [7, 11) is 0. The number of rotatable bonds is 0. The third-order valence-corrected chi connectivity index (χ3v) is 0.660. The van der Waals surface area contributed by atoms with Crippen LogP contribution in [0.3, 0.4) is 0 Å². The minimum absolute atomic E-state index is 0. The first-order chi connectivity index (χ1) is 3.93. The molecule has 0 aromatic carbocycles. The molecule has 0 N–H and O–H groups in total. The summed E-state index contributed by atoms with van der Waals surface area (Å²) in [4.78, 5) is 3.80. The van der Waals surface area contributed by atoms with Crippen LogP contribution in [-0.4, -0.2) is 4.98 Å². The van der Waals surface area contributed by atoms with Crippen LogP contribution in [0, 0.1) is 13.0 Å². The molecule has 0 saturated carbocycles. The molecule has 8 heavy (non-hydrogen) atoms. The average molecular weight is 144 g/mol. The van der Waals surface area contributed by atoms with E-state index in [1.807, 2.05) is 0 Å². The van der Waals surface area contributed by atoms with Crippen LogP contribution >= 0.6 is 0 Å². The molecule has 0 saturated heterocycles. The summed E-state index contributed by atoms with van der Waals surface area (Å²) in [6, 6.07) is 4.58. The van der Waals surface area contributed by atoms with E-state index < -0.39 is 0 Å². The molecular formula is C6H6NV-. The van der Waals surface area contributed by atoms with Gasteiger partial charge in [-0.05, 0) is 0 Å². The molecule has 1 rings (SSSR count). The Morgan fingerprint density at radius 1 is 1.88 bits per heavy atom. The van der Waals surface area contributed by atoms with Gasteiger partial charge in [0.2, 0.25) is 0 Å². The van der Waals surface area contributed by atoms with Gasteiger partial charge in [0.15, 0.2) is 0 Å². The Morgan fingerprint density at radius 3 is 3.12 bits per heavy atom. The van der Waals surface area contributed by atoms with Crippen molar-refractivity contribution in [2.24, 2.45) is 0 Å². The van der Waals surface area contributed by atoms with Crippen LogP contribution in [-0.2, 0) is 18.6 Å². The molecule has 0 spiro atoms. The van der Waals surface area contributed by atoms with Gasteiger partial charge in [0.1, 0.15) is 0 Å². The van der Waals surface area contributed by atoms with Crippen molar-refractivity contribution in [3.63, 3.8) is 0 Å². The molecule has 0 aliphatic carbocycles. The Balaban J connectivity index is 0.000000640. The summed E-state index contributed by atoms with van der Waals surface area (Å²) < 4.78 is 6.87. The molecule has 0 unspecified atom stereocenters. The SMILES string of the molecule is [2H]Cc1[c-]ccnc1.[V]. The van der Waals surface area contributed by atoms with Gasteiger partial charge in [0.25, 0.3) is 0 Å². The van der Waals surface area contributed by atoms with Crippen LogP contribution in [0.4, 0.5) is 0 Å². The second-order valence-electron chi connectivity index (χ2n) is 1.26. The van der Waals surface area contributed by atoms with E-state index in [9.17, 15) is 0 Å². The largest absolute Gasteiger partial charge is 0.391 e. The fourth-order valence-electron chi connectivity index (χ4n) is 0.358. The molecule has 1 aromatic rings. The number of nitrogens with zero attached hydrogens (tertiary/aromatic N) is 1. The van der Waals surface area contributed by atoms with Crippen LogP contribution in [0.25, 0.3) is 0 Å². The predicted molar refractivity (Wildman–Crippen MR) is 27.8 cm³/mol. The average Bonchev–Trinajstić information content (AvgIpc) is 1.90. The van der Waals surface area contributed by atoms with E-state index in [0.29, 0.717) is 0 Å². The Kier molecular flexibility index (Phi) is 2.71. The van der Waals surface area contributed by atoms with Gasteiger partial charge >= 0.3 is 0 Å². The molecule has 1 aromatic heterocycles. The number of hydrogen-bond donors (Lipinski definition) is 0. The number of aryl methyl sites for hydroxylation is 1. The molecule has 0 aliphatic rings. The zero-order valence-electron chi connectivity index (χ0n) is 5.33. The van der Waals surface area contributed by atoms with Crippen molar-refractivity contribution in [1.29, 1.82) is 0 Å². The van der Waals surface area contributed by atoms with Gasteiger partial charge < -0.3 is 4.98 Å². The van der Waals surface area contributed by atoms with E-state index in [1.54, 1.807) is 18.5 Å². The monoisotopic (exact) mass is 144 g/mol. The summed E-state index contributed by atoms with van der Waals surface area (Å²) in [6.45, 7) is 0.272. The predicted octanol–water partition coefficient (Wildman–Crippen LogP) is 1.19. The van der Waals surface area contributed by atoms with Gasteiger partial charge in [0.05, 0.1) is 0 Å². The minimum Gasteiger partial charge on any atom is -0.391 e. The summed E-state index contributed by atoms with van der Waals surface area (Å²) in [6.07, 6.45) is 3.30. The van der Waals surface area contributed by atoms with Crippen LogP contribution in [0.1, 0.15) is 6.93 Å². The standard InChI is InChI=1S/C6H6N.V/c1-6-3-2-4-7-5-6;/h2,4-5H,1H3;/q-1;/i1D;. The van der Waals surface area contributed by atoms with E-state index in [1.165, 1.54) is 0 Å². The zero-order valence-corrected chi connectivity index (χ0v) is 5.73. The van der Waals surface area contributed by atoms with Gasteiger partial charge in [-0.15, -0.1) is 5.56 Å². The zero-order chi connectivity index (χ0) is 5.82. The van der Waals surface area contributed by atoms with Crippen LogP contribution in [0.2, 0.25) is 0 Å². The molecule has 1 radical (unpaired) electrons. The normalized spacial score (nSPS) is 9.25. The second kappa shape index (κ2) is 3.70. The Bertz CT molecular complexity index is 154. The van der Waals surface area contributed by atoms with Gasteiger partial charge in [0, 0.05) is 19.9 Å². The Labute approximate surface area is 62.4 Å². The second-order valence-corrected chi connectivity index (χ2v) is 1.26. The maximum absolute atomic E-state index is 6.87. The van der Waals surface area contributed by atoms with Crippen molar-refractivity contribution in [2.45, 2.75) is 6.90 Å². The maximum atomic E-state index is 6.87. The van der Waals surface area contributed by atoms with Gasteiger partial charge in [-0.1, -0.05) is 19.3 Å². The molecule has 41 valence electrons. The summed E-state index contributed by atoms with van der Waals surface area (Å²) >= 11 is 0. The number of aromatic nitrogens is 1. The van der Waals surface area contributed by atoms with E-state index in [0.717, 1.165) is 5.56 Å². The first-order valence-corrected chi connectivity index (χ1v) is 2.03. The van der Waals surface area contributed by atoms with Crippen molar-refractivity contribution in [3.8, 4) is 0 Å². The molecule has 0 bridgehead atoms. The van der Waals surface area contributed by atoms with Crippen molar-refractivity contribution in [3.05, 3.63) is 30.1 Å². The smallest absolute Gasteiger partial charge is 0.0259 e. The third-order valence-electron chi connectivity index (χ3n) is 0.660. The summed E-state index contributed by atoms with van der Waals surface area (Å²) in [5.74, 6) is 0. The minimum atomic E-state index is 0. The fraction of sp³-hybridized carbons (Fsp3) is 0.167. The summed E-state index contributed by atoms with van der Waals surface area (Å²) in [5.41, 5.74) is 0.840. The Morgan fingerprint density at radius 2 is 2.75 bits per heavy atom. The molecule has 0 amide bonds. The molecule has 1 heterocycles. The molecule has 0 fully saturated rings. The third kappa shape index (κ3) is 2.15. The van der Waals surface area contributed by atoms with Gasteiger partial charge in [-0.2, -0.15) is 12.1 Å². The van der Waals surface area contributed by atoms with Crippen LogP contribution in [0.15, 0.2) is 18.5 Å². The van der Waals surface area contributed by atoms with E-state index in [2.05, 4.69) is 11.1 Å². The molecule has 0 aliphatic heterocycles. The first-order valence-electron chi connectivity index (χ1n) is 2.74. The maximum Gasteiger partial charge on any atom is 0.0259 e. The molecular weight excluding hydrogens is 137 g/mol. The van der Waals surface area contributed by atoms with E-state index in [-0.39, 0.29) is 25.5 Å². The van der Waals surface area contributed by atoms with E-state index >= 15 is 0 Å². The molecule has 2 heteroatoms. The Hall–Kier alpha value is -0.266. The van der Waals surface area contributed by atoms with Gasteiger partial charge in [-0.25, -0.2) is 0 Å². The van der Waals surface area contributed by atoms with Crippen LogP contribution in [0.5, 0.6) is 0 Å². The van der Waals surface area contributed by atoms with Gasteiger partial charge in [-0.3, -0.25) is 0 Å². The first kappa shape index (κ1) is 5.86.